The van der Waals surface area contributed by atoms with Gasteiger partial charge in [0.2, 0.25) is 0 Å². The Hall–Kier alpha value is -4.15. The zero-order valence-electron chi connectivity index (χ0n) is 21.5. The molecule has 2 atom stereocenters. The number of carbonyl (C=O) groups excluding carboxylic acids is 2. The number of para-hydroxylation sites is 1. The van der Waals surface area contributed by atoms with Crippen LogP contribution in [0, 0.1) is 11.6 Å². The van der Waals surface area contributed by atoms with Crippen LogP contribution in [0.15, 0.2) is 65.7 Å². The van der Waals surface area contributed by atoms with Crippen LogP contribution in [0.25, 0.3) is 0 Å². The highest BCUT2D eigenvalue weighted by Crippen LogP contribution is 2.35. The number of hydrogen-bond donors (Lipinski definition) is 3. The molecule has 1 saturated carbocycles. The maximum atomic E-state index is 14.1. The van der Waals surface area contributed by atoms with E-state index in [1.807, 2.05) is 24.3 Å². The molecule has 3 aliphatic carbocycles. The lowest BCUT2D eigenvalue weighted by Gasteiger charge is -2.42. The highest BCUT2D eigenvalue weighted by molar-refractivity contribution is 6.01. The smallest absolute Gasteiger partial charge is 0.335 e. The minimum Gasteiger partial charge on any atom is -0.496 e. The Balaban J connectivity index is 1.64. The van der Waals surface area contributed by atoms with E-state index < -0.39 is 41.4 Å². The second-order valence-corrected chi connectivity index (χ2v) is 9.50. The van der Waals surface area contributed by atoms with E-state index in [0.717, 1.165) is 37.5 Å². The number of urea groups is 2. The van der Waals surface area contributed by atoms with Crippen LogP contribution in [-0.4, -0.2) is 53.3 Å². The largest absolute Gasteiger partial charge is 0.496 e. The molecule has 0 aliphatic heterocycles. The van der Waals surface area contributed by atoms with E-state index in [1.165, 1.54) is 18.1 Å². The standard InChI is InChI=1S/C28H31F2N3O6/c1-38-23-16-24(39-18-11-6-3-7-12-18)22(15-19(23)26(34)35)33(17-9-4-2-5-10-17)28(37)32-27(36)31-25-20(29)13-8-14-21(25)30/h3,6-8,11,13-14,16-18,22H,2,4-5,9-10,12,15H2,1H3,(H,34,35)(H2,31,32,36,37). The number of nitrogens with zero attached hydrogens (tertiary/aromatic N) is 1. The Labute approximate surface area is 224 Å². The van der Waals surface area contributed by atoms with Crippen molar-refractivity contribution < 1.29 is 37.7 Å². The van der Waals surface area contributed by atoms with E-state index in [0.29, 0.717) is 25.0 Å². The topological polar surface area (TPSA) is 117 Å². The summed E-state index contributed by atoms with van der Waals surface area (Å²) < 4.78 is 39.7. The summed E-state index contributed by atoms with van der Waals surface area (Å²) >= 11 is 0. The number of carboxylic acids is 1. The van der Waals surface area contributed by atoms with Gasteiger partial charge >= 0.3 is 18.0 Å². The van der Waals surface area contributed by atoms with Crippen molar-refractivity contribution >= 4 is 23.7 Å². The second-order valence-electron chi connectivity index (χ2n) is 9.50. The third-order valence-corrected chi connectivity index (χ3v) is 6.96. The molecule has 4 rings (SSSR count). The number of nitrogens with one attached hydrogen (secondary N) is 2. The SMILES string of the molecule is COC1=C(C(=O)O)CC(N(C(=O)NC(=O)Nc2c(F)cccc2F)C2CCCCC2)C(OC2C=CC=CC2)=C1. The van der Waals surface area contributed by atoms with Gasteiger partial charge in [0.15, 0.2) is 0 Å². The van der Waals surface area contributed by atoms with Crippen molar-refractivity contribution in [3.8, 4) is 0 Å². The normalized spacial score (nSPS) is 21.2. The number of hydrogen-bond acceptors (Lipinski definition) is 5. The molecule has 0 heterocycles. The Bertz CT molecular complexity index is 1220. The quantitative estimate of drug-likeness (QED) is 0.425. The van der Waals surface area contributed by atoms with Crippen LogP contribution in [-0.2, 0) is 14.3 Å². The van der Waals surface area contributed by atoms with Gasteiger partial charge in [-0.2, -0.15) is 0 Å². The van der Waals surface area contributed by atoms with E-state index in [4.69, 9.17) is 9.47 Å². The van der Waals surface area contributed by atoms with Gasteiger partial charge in [-0.3, -0.25) is 5.32 Å². The van der Waals surface area contributed by atoms with Crippen molar-refractivity contribution in [3.05, 3.63) is 77.3 Å². The first-order valence-corrected chi connectivity index (χ1v) is 12.8. The van der Waals surface area contributed by atoms with Gasteiger partial charge in [-0.25, -0.2) is 23.2 Å². The maximum Gasteiger partial charge on any atom is 0.335 e. The van der Waals surface area contributed by atoms with Crippen LogP contribution in [0.2, 0.25) is 0 Å². The molecule has 3 aliphatic rings. The Morgan fingerprint density at radius 2 is 1.79 bits per heavy atom. The lowest BCUT2D eigenvalue weighted by Crippen LogP contribution is -2.55. The van der Waals surface area contributed by atoms with Crippen LogP contribution < -0.4 is 10.6 Å². The first-order chi connectivity index (χ1) is 18.8. The molecule has 208 valence electrons. The van der Waals surface area contributed by atoms with Crippen molar-refractivity contribution in [2.75, 3.05) is 12.4 Å². The molecule has 0 bridgehead atoms. The number of anilines is 1. The number of benzene rings is 1. The number of halogens is 2. The number of methoxy groups -OCH3 is 1. The van der Waals surface area contributed by atoms with Gasteiger partial charge in [-0.15, -0.1) is 0 Å². The van der Waals surface area contributed by atoms with E-state index in [2.05, 4.69) is 10.6 Å². The molecule has 9 nitrogen and oxygen atoms in total. The van der Waals surface area contributed by atoms with E-state index in [9.17, 15) is 28.3 Å². The van der Waals surface area contributed by atoms with Crippen molar-refractivity contribution in [3.63, 3.8) is 0 Å². The molecule has 0 spiro atoms. The molecule has 4 amide bonds. The molecular formula is C28H31F2N3O6. The summed E-state index contributed by atoms with van der Waals surface area (Å²) in [7, 11) is 1.35. The van der Waals surface area contributed by atoms with Gasteiger partial charge in [0, 0.05) is 25.0 Å². The number of ether oxygens (including phenoxy) is 2. The molecule has 1 aromatic rings. The minimum absolute atomic E-state index is 0.0413. The van der Waals surface area contributed by atoms with E-state index >= 15 is 0 Å². The molecule has 0 saturated heterocycles. The molecule has 1 aromatic carbocycles. The van der Waals surface area contributed by atoms with Crippen LogP contribution in [0.1, 0.15) is 44.9 Å². The van der Waals surface area contributed by atoms with Crippen molar-refractivity contribution in [2.24, 2.45) is 0 Å². The van der Waals surface area contributed by atoms with Gasteiger partial charge in [0.1, 0.15) is 34.9 Å². The molecule has 3 N–H and O–H groups in total. The first-order valence-electron chi connectivity index (χ1n) is 12.8. The summed E-state index contributed by atoms with van der Waals surface area (Å²) in [6, 6.07) is -0.0371. The Morgan fingerprint density at radius 1 is 1.08 bits per heavy atom. The fourth-order valence-electron chi connectivity index (χ4n) is 5.09. The zero-order chi connectivity index (χ0) is 27.9. The lowest BCUT2D eigenvalue weighted by atomic mass is 9.89. The van der Waals surface area contributed by atoms with Gasteiger partial charge in [-0.05, 0) is 31.1 Å². The average Bonchev–Trinajstić information content (AvgIpc) is 2.92. The number of aliphatic carboxylic acids is 1. The summed E-state index contributed by atoms with van der Waals surface area (Å²) in [6.07, 6.45) is 13.0. The summed E-state index contributed by atoms with van der Waals surface area (Å²) in [5.74, 6) is -2.76. The van der Waals surface area contributed by atoms with Crippen molar-refractivity contribution in [2.45, 2.75) is 63.1 Å². The number of amides is 4. The molecule has 0 radical (unpaired) electrons. The van der Waals surface area contributed by atoms with E-state index in [1.54, 1.807) is 0 Å². The molecule has 2 unspecified atom stereocenters. The minimum atomic E-state index is -1.20. The summed E-state index contributed by atoms with van der Waals surface area (Å²) in [5, 5.41) is 14.1. The summed E-state index contributed by atoms with van der Waals surface area (Å²) in [5.41, 5.74) is -0.730. The molecule has 1 fully saturated rings. The first kappa shape index (κ1) is 27.9. The highest BCUT2D eigenvalue weighted by Gasteiger charge is 2.40. The van der Waals surface area contributed by atoms with E-state index in [-0.39, 0.29) is 29.9 Å². The zero-order valence-corrected chi connectivity index (χ0v) is 21.5. The summed E-state index contributed by atoms with van der Waals surface area (Å²) in [4.78, 5) is 39.8. The van der Waals surface area contributed by atoms with Crippen LogP contribution in [0.3, 0.4) is 0 Å². The number of carbonyl (C=O) groups is 3. The van der Waals surface area contributed by atoms with Gasteiger partial charge in [0.25, 0.3) is 0 Å². The number of allylic oxidation sites excluding steroid dienone is 3. The van der Waals surface area contributed by atoms with Crippen molar-refractivity contribution in [1.82, 2.24) is 10.2 Å². The number of carboxylic acid groups (broad SMARTS) is 1. The second kappa shape index (κ2) is 12.6. The molecular weight excluding hydrogens is 512 g/mol. The summed E-state index contributed by atoms with van der Waals surface area (Å²) in [6.45, 7) is 0. The van der Waals surface area contributed by atoms with Crippen LogP contribution in [0.5, 0.6) is 0 Å². The molecule has 0 aromatic heterocycles. The van der Waals surface area contributed by atoms with Gasteiger partial charge in [-0.1, -0.05) is 43.6 Å². The fraction of sp³-hybridized carbons (Fsp3) is 0.393. The molecule has 11 heteroatoms. The maximum absolute atomic E-state index is 14.1. The van der Waals surface area contributed by atoms with Crippen LogP contribution >= 0.6 is 0 Å². The monoisotopic (exact) mass is 543 g/mol. The Morgan fingerprint density at radius 3 is 2.41 bits per heavy atom. The number of rotatable bonds is 7. The van der Waals surface area contributed by atoms with Crippen LogP contribution in [0.4, 0.5) is 24.1 Å². The predicted molar refractivity (Wildman–Crippen MR) is 139 cm³/mol. The third kappa shape index (κ3) is 6.65. The number of imide groups is 1. The van der Waals surface area contributed by atoms with Gasteiger partial charge in [0.05, 0.1) is 18.7 Å². The lowest BCUT2D eigenvalue weighted by molar-refractivity contribution is -0.133. The molecule has 39 heavy (non-hydrogen) atoms. The van der Waals surface area contributed by atoms with Crippen molar-refractivity contribution in [1.29, 1.82) is 0 Å². The average molecular weight is 544 g/mol. The fourth-order valence-corrected chi connectivity index (χ4v) is 5.09. The highest BCUT2D eigenvalue weighted by atomic mass is 19.1. The Kier molecular flexibility index (Phi) is 9.00. The van der Waals surface area contributed by atoms with Gasteiger partial charge < -0.3 is 24.8 Å². The predicted octanol–water partition coefficient (Wildman–Crippen LogP) is 5.38. The third-order valence-electron chi connectivity index (χ3n) is 6.96.